The molecule has 0 fully saturated rings. The third-order valence-electron chi connectivity index (χ3n) is 3.51. The lowest BCUT2D eigenvalue weighted by atomic mass is 10.2. The summed E-state index contributed by atoms with van der Waals surface area (Å²) in [6.07, 6.45) is 0. The number of aromatic nitrogens is 2. The maximum absolute atomic E-state index is 12.4. The molecule has 1 amide bonds. The minimum Gasteiger partial charge on any atom is -0.383 e. The predicted octanol–water partition coefficient (Wildman–Crippen LogP) is 0.128. The molecule has 2 rings (SSSR count). The van der Waals surface area contributed by atoms with E-state index in [1.807, 2.05) is 24.3 Å². The Labute approximate surface area is 134 Å². The van der Waals surface area contributed by atoms with Crippen molar-refractivity contribution in [3.8, 4) is 0 Å². The van der Waals surface area contributed by atoms with Crippen molar-refractivity contribution in [2.45, 2.75) is 6.54 Å². The first-order valence-electron chi connectivity index (χ1n) is 7.41. The summed E-state index contributed by atoms with van der Waals surface area (Å²) in [7, 11) is 5.10. The second kappa shape index (κ2) is 7.85. The highest BCUT2D eigenvalue weighted by atomic mass is 16.5. The minimum absolute atomic E-state index is 0.109. The highest BCUT2D eigenvalue weighted by Gasteiger charge is 2.12. The van der Waals surface area contributed by atoms with E-state index in [2.05, 4.69) is 10.3 Å². The lowest BCUT2D eigenvalue weighted by Gasteiger charge is -2.16. The summed E-state index contributed by atoms with van der Waals surface area (Å²) in [5.41, 5.74) is 1.84. The van der Waals surface area contributed by atoms with E-state index in [0.717, 1.165) is 11.0 Å². The lowest BCUT2D eigenvalue weighted by Crippen LogP contribution is -2.37. The maximum atomic E-state index is 12.4. The fourth-order valence-electron chi connectivity index (χ4n) is 2.35. The number of carbonyl (C=O) groups excluding carboxylic acids is 1. The average molecular weight is 318 g/mol. The molecule has 1 aromatic heterocycles. The van der Waals surface area contributed by atoms with Crippen molar-refractivity contribution >= 4 is 16.9 Å². The van der Waals surface area contributed by atoms with E-state index in [4.69, 9.17) is 4.74 Å². The van der Waals surface area contributed by atoms with Crippen molar-refractivity contribution in [3.63, 3.8) is 0 Å². The first kappa shape index (κ1) is 17.1. The van der Waals surface area contributed by atoms with Gasteiger partial charge < -0.3 is 14.6 Å². The number of likely N-dealkylation sites (N-methyl/N-ethyl adjacent to an activating group) is 1. The van der Waals surface area contributed by atoms with Gasteiger partial charge in [-0.15, -0.1) is 0 Å². The molecule has 1 N–H and O–H groups in total. The van der Waals surface area contributed by atoms with E-state index in [1.165, 1.54) is 0 Å². The lowest BCUT2D eigenvalue weighted by molar-refractivity contribution is -0.122. The molecule has 0 aliphatic carbocycles. The number of amides is 1. The van der Waals surface area contributed by atoms with Crippen LogP contribution in [0.4, 0.5) is 0 Å². The van der Waals surface area contributed by atoms with E-state index < -0.39 is 0 Å². The third-order valence-corrected chi connectivity index (χ3v) is 3.51. The molecule has 0 saturated heterocycles. The molecular formula is C16H22N4O3. The van der Waals surface area contributed by atoms with Gasteiger partial charge in [0.2, 0.25) is 5.91 Å². The first-order chi connectivity index (χ1) is 11.0. The Balaban J connectivity index is 2.08. The normalized spacial score (nSPS) is 11.1. The van der Waals surface area contributed by atoms with Gasteiger partial charge in [-0.3, -0.25) is 14.5 Å². The molecule has 0 spiro atoms. The molecule has 124 valence electrons. The quantitative estimate of drug-likeness (QED) is 0.734. The molecular weight excluding hydrogens is 296 g/mol. The number of para-hydroxylation sites is 2. The number of nitrogens with one attached hydrogen (secondary N) is 1. The van der Waals surface area contributed by atoms with Gasteiger partial charge in [-0.05, 0) is 19.2 Å². The Morgan fingerprint density at radius 3 is 2.87 bits per heavy atom. The van der Waals surface area contributed by atoms with Crippen LogP contribution in [0.25, 0.3) is 11.0 Å². The molecule has 1 aromatic carbocycles. The van der Waals surface area contributed by atoms with Crippen molar-refractivity contribution in [1.29, 1.82) is 0 Å². The van der Waals surface area contributed by atoms with E-state index in [9.17, 15) is 9.59 Å². The molecule has 0 saturated carbocycles. The molecule has 0 unspecified atom stereocenters. The number of benzene rings is 1. The zero-order chi connectivity index (χ0) is 16.8. The minimum atomic E-state index is -0.143. The van der Waals surface area contributed by atoms with Crippen molar-refractivity contribution in [2.24, 2.45) is 7.05 Å². The summed E-state index contributed by atoms with van der Waals surface area (Å²) < 4.78 is 6.47. The van der Waals surface area contributed by atoms with Gasteiger partial charge in [0.05, 0.1) is 24.2 Å². The molecule has 1 heterocycles. The Morgan fingerprint density at radius 2 is 2.13 bits per heavy atom. The summed E-state index contributed by atoms with van der Waals surface area (Å²) in [6, 6.07) is 7.49. The van der Waals surface area contributed by atoms with Gasteiger partial charge in [0.25, 0.3) is 5.56 Å². The third kappa shape index (κ3) is 4.37. The van der Waals surface area contributed by atoms with E-state index in [0.29, 0.717) is 25.4 Å². The number of methoxy groups -OCH3 is 1. The molecule has 0 atom stereocenters. The number of hydrogen-bond donors (Lipinski definition) is 1. The van der Waals surface area contributed by atoms with Crippen molar-refractivity contribution in [1.82, 2.24) is 19.8 Å². The molecule has 0 aliphatic rings. The van der Waals surface area contributed by atoms with Crippen LogP contribution in [0.15, 0.2) is 29.1 Å². The molecule has 2 aromatic rings. The Kier molecular flexibility index (Phi) is 5.84. The highest BCUT2D eigenvalue weighted by Crippen LogP contribution is 2.09. The van der Waals surface area contributed by atoms with Gasteiger partial charge in [0, 0.05) is 27.2 Å². The van der Waals surface area contributed by atoms with Crippen LogP contribution in [0, 0.1) is 0 Å². The van der Waals surface area contributed by atoms with Gasteiger partial charge >= 0.3 is 0 Å². The number of fused-ring (bicyclic) bond motifs is 1. The number of carbonyl (C=O) groups is 1. The largest absolute Gasteiger partial charge is 0.383 e. The SMILES string of the molecule is COCCNC(=O)CN(C)Cc1nc2ccccc2n(C)c1=O. The number of aryl methyl sites for hydroxylation is 1. The number of rotatable bonds is 7. The van der Waals surface area contributed by atoms with E-state index >= 15 is 0 Å². The topological polar surface area (TPSA) is 76.5 Å². The van der Waals surface area contributed by atoms with Crippen LogP contribution in [0.1, 0.15) is 5.69 Å². The van der Waals surface area contributed by atoms with Crippen LogP contribution < -0.4 is 10.9 Å². The zero-order valence-electron chi connectivity index (χ0n) is 13.7. The van der Waals surface area contributed by atoms with Crippen LogP contribution >= 0.6 is 0 Å². The highest BCUT2D eigenvalue weighted by molar-refractivity contribution is 5.78. The molecule has 7 heteroatoms. The van der Waals surface area contributed by atoms with Crippen LogP contribution in [0.3, 0.4) is 0 Å². The second-order valence-corrected chi connectivity index (χ2v) is 5.43. The molecule has 0 radical (unpaired) electrons. The summed E-state index contributed by atoms with van der Waals surface area (Å²) in [5.74, 6) is -0.109. The standard InChI is InChI=1S/C16H22N4O3/c1-19(11-15(21)17-8-9-23-3)10-13-16(22)20(2)14-7-5-4-6-12(14)18-13/h4-7H,8-11H2,1-3H3,(H,17,21). The summed E-state index contributed by atoms with van der Waals surface area (Å²) >= 11 is 0. The number of ether oxygens (including phenoxy) is 1. The van der Waals surface area contributed by atoms with Gasteiger partial charge in [-0.2, -0.15) is 0 Å². The molecule has 0 bridgehead atoms. The molecule has 0 aliphatic heterocycles. The van der Waals surface area contributed by atoms with Gasteiger partial charge in [0.15, 0.2) is 0 Å². The summed E-state index contributed by atoms with van der Waals surface area (Å²) in [6.45, 7) is 1.46. The average Bonchev–Trinajstić information content (AvgIpc) is 2.52. The Hall–Kier alpha value is -2.25. The van der Waals surface area contributed by atoms with Crippen LogP contribution in [0.5, 0.6) is 0 Å². The fourth-order valence-corrected chi connectivity index (χ4v) is 2.35. The smallest absolute Gasteiger partial charge is 0.273 e. The molecule has 7 nitrogen and oxygen atoms in total. The Morgan fingerprint density at radius 1 is 1.39 bits per heavy atom. The summed E-state index contributed by atoms with van der Waals surface area (Å²) in [5, 5.41) is 2.75. The van der Waals surface area contributed by atoms with Gasteiger partial charge in [-0.1, -0.05) is 12.1 Å². The maximum Gasteiger partial charge on any atom is 0.273 e. The van der Waals surface area contributed by atoms with Crippen LogP contribution in [-0.4, -0.2) is 54.2 Å². The predicted molar refractivity (Wildman–Crippen MR) is 88.2 cm³/mol. The van der Waals surface area contributed by atoms with Crippen molar-refractivity contribution in [2.75, 3.05) is 33.9 Å². The van der Waals surface area contributed by atoms with E-state index in [-0.39, 0.29) is 18.0 Å². The number of nitrogens with zero attached hydrogens (tertiary/aromatic N) is 3. The zero-order valence-corrected chi connectivity index (χ0v) is 13.7. The monoisotopic (exact) mass is 318 g/mol. The van der Waals surface area contributed by atoms with Crippen LogP contribution in [0.2, 0.25) is 0 Å². The number of hydrogen-bond acceptors (Lipinski definition) is 5. The molecule has 23 heavy (non-hydrogen) atoms. The Bertz CT molecular complexity index is 742. The fraction of sp³-hybridized carbons (Fsp3) is 0.438. The van der Waals surface area contributed by atoms with Crippen molar-refractivity contribution < 1.29 is 9.53 Å². The van der Waals surface area contributed by atoms with Gasteiger partial charge in [-0.25, -0.2) is 4.98 Å². The van der Waals surface area contributed by atoms with Gasteiger partial charge in [0.1, 0.15) is 5.69 Å². The van der Waals surface area contributed by atoms with Crippen molar-refractivity contribution in [3.05, 3.63) is 40.3 Å². The van der Waals surface area contributed by atoms with Crippen LogP contribution in [-0.2, 0) is 23.1 Å². The summed E-state index contributed by atoms with van der Waals surface area (Å²) in [4.78, 5) is 30.3. The second-order valence-electron chi connectivity index (χ2n) is 5.43. The first-order valence-corrected chi connectivity index (χ1v) is 7.41. The van der Waals surface area contributed by atoms with E-state index in [1.54, 1.807) is 30.7 Å².